The van der Waals surface area contributed by atoms with Gasteiger partial charge in [0.25, 0.3) is 0 Å². The van der Waals surface area contributed by atoms with Gasteiger partial charge in [-0.05, 0) is 37.4 Å². The summed E-state index contributed by atoms with van der Waals surface area (Å²) in [4.78, 5) is 8.42. The van der Waals surface area contributed by atoms with Gasteiger partial charge in [0.05, 0.1) is 11.4 Å². The molecule has 0 atom stereocenters. The Labute approximate surface area is 98.3 Å². The van der Waals surface area contributed by atoms with Crippen LogP contribution in [0.15, 0.2) is 18.3 Å². The van der Waals surface area contributed by atoms with Crippen LogP contribution in [0.25, 0.3) is 5.82 Å². The van der Waals surface area contributed by atoms with E-state index >= 15 is 0 Å². The number of rotatable bonds is 2. The van der Waals surface area contributed by atoms with Gasteiger partial charge in [0.2, 0.25) is 5.28 Å². The lowest BCUT2D eigenvalue weighted by Gasteiger charge is -2.03. The minimum absolute atomic E-state index is 0.299. The summed E-state index contributed by atoms with van der Waals surface area (Å²) in [6.07, 6.45) is 4.28. The molecule has 0 radical (unpaired) electrons. The second kappa shape index (κ2) is 3.56. The van der Waals surface area contributed by atoms with Crippen molar-refractivity contribution in [1.29, 1.82) is 0 Å². The van der Waals surface area contributed by atoms with Gasteiger partial charge in [0, 0.05) is 18.2 Å². The predicted octanol–water partition coefficient (Wildman–Crippen LogP) is 2.50. The molecule has 0 amide bonds. The van der Waals surface area contributed by atoms with Crippen molar-refractivity contribution in [2.75, 3.05) is 0 Å². The number of hydrogen-bond acceptors (Lipinski definition) is 3. The van der Waals surface area contributed by atoms with E-state index in [9.17, 15) is 0 Å². The Morgan fingerprint density at radius 2 is 2.19 bits per heavy atom. The fourth-order valence-electron chi connectivity index (χ4n) is 1.67. The molecule has 2 heterocycles. The third-order valence-corrected chi connectivity index (χ3v) is 2.83. The first kappa shape index (κ1) is 9.78. The highest BCUT2D eigenvalue weighted by Gasteiger charge is 2.26. The fourth-order valence-corrected chi connectivity index (χ4v) is 1.86. The Hall–Kier alpha value is -1.42. The molecule has 16 heavy (non-hydrogen) atoms. The van der Waals surface area contributed by atoms with Gasteiger partial charge in [-0.1, -0.05) is 0 Å². The second-order valence-electron chi connectivity index (χ2n) is 4.10. The van der Waals surface area contributed by atoms with Crippen molar-refractivity contribution in [1.82, 2.24) is 19.7 Å². The van der Waals surface area contributed by atoms with Crippen LogP contribution < -0.4 is 0 Å². The van der Waals surface area contributed by atoms with Crippen molar-refractivity contribution in [3.63, 3.8) is 0 Å². The maximum absolute atomic E-state index is 5.92. The standard InChI is InChI=1S/C11H11ClN4/c1-7-4-5-16(15-7)10-6-9(8-2-3-8)13-11(12)14-10/h4-6,8H,2-3H2,1H3. The molecule has 0 N–H and O–H groups in total. The summed E-state index contributed by atoms with van der Waals surface area (Å²) in [6.45, 7) is 1.95. The van der Waals surface area contributed by atoms with Crippen LogP contribution in [0.5, 0.6) is 0 Å². The summed E-state index contributed by atoms with van der Waals surface area (Å²) in [7, 11) is 0. The van der Waals surface area contributed by atoms with Gasteiger partial charge < -0.3 is 0 Å². The lowest BCUT2D eigenvalue weighted by atomic mass is 10.3. The quantitative estimate of drug-likeness (QED) is 0.750. The van der Waals surface area contributed by atoms with E-state index < -0.39 is 0 Å². The largest absolute Gasteiger partial charge is 0.224 e. The first-order valence-corrected chi connectivity index (χ1v) is 5.67. The number of aryl methyl sites for hydroxylation is 1. The SMILES string of the molecule is Cc1ccn(-c2cc(C3CC3)nc(Cl)n2)n1. The van der Waals surface area contributed by atoms with Crippen molar-refractivity contribution in [3.05, 3.63) is 35.0 Å². The zero-order valence-corrected chi connectivity index (χ0v) is 9.65. The molecule has 0 bridgehead atoms. The minimum Gasteiger partial charge on any atom is -0.223 e. The van der Waals surface area contributed by atoms with Gasteiger partial charge in [-0.25, -0.2) is 9.67 Å². The Balaban J connectivity index is 2.06. The van der Waals surface area contributed by atoms with E-state index in [1.807, 2.05) is 25.3 Å². The summed E-state index contributed by atoms with van der Waals surface area (Å²) in [6, 6.07) is 3.91. The van der Waals surface area contributed by atoms with Crippen LogP contribution in [-0.2, 0) is 0 Å². The van der Waals surface area contributed by atoms with Crippen LogP contribution in [0.3, 0.4) is 0 Å². The molecule has 1 saturated carbocycles. The van der Waals surface area contributed by atoms with Gasteiger partial charge in [0.15, 0.2) is 5.82 Å². The molecule has 0 aromatic carbocycles. The molecule has 3 rings (SSSR count). The summed E-state index contributed by atoms with van der Waals surface area (Å²) < 4.78 is 1.73. The van der Waals surface area contributed by atoms with Gasteiger partial charge >= 0.3 is 0 Å². The average Bonchev–Trinajstić information content (AvgIpc) is 3.01. The van der Waals surface area contributed by atoms with E-state index in [0.29, 0.717) is 11.2 Å². The normalized spacial score (nSPS) is 15.4. The van der Waals surface area contributed by atoms with Crippen molar-refractivity contribution in [3.8, 4) is 5.82 Å². The van der Waals surface area contributed by atoms with E-state index in [0.717, 1.165) is 17.2 Å². The van der Waals surface area contributed by atoms with Crippen LogP contribution in [0.4, 0.5) is 0 Å². The summed E-state index contributed by atoms with van der Waals surface area (Å²) in [5.41, 5.74) is 1.99. The Morgan fingerprint density at radius 1 is 1.38 bits per heavy atom. The van der Waals surface area contributed by atoms with Gasteiger partial charge in [0.1, 0.15) is 0 Å². The third kappa shape index (κ3) is 1.80. The minimum atomic E-state index is 0.299. The second-order valence-corrected chi connectivity index (χ2v) is 4.43. The fraction of sp³-hybridized carbons (Fsp3) is 0.364. The lowest BCUT2D eigenvalue weighted by Crippen LogP contribution is -2.02. The molecule has 0 spiro atoms. The highest BCUT2D eigenvalue weighted by molar-refractivity contribution is 6.28. The van der Waals surface area contributed by atoms with Crippen LogP contribution in [0, 0.1) is 6.92 Å². The number of hydrogen-bond donors (Lipinski definition) is 0. The number of aromatic nitrogens is 4. The molecule has 0 aliphatic heterocycles. The first-order valence-electron chi connectivity index (χ1n) is 5.29. The van der Waals surface area contributed by atoms with Crippen molar-refractivity contribution >= 4 is 11.6 Å². The maximum Gasteiger partial charge on any atom is 0.224 e. The molecule has 0 unspecified atom stereocenters. The molecule has 2 aromatic heterocycles. The highest BCUT2D eigenvalue weighted by Crippen LogP contribution is 2.39. The Morgan fingerprint density at radius 3 is 2.81 bits per heavy atom. The first-order chi connectivity index (χ1) is 7.72. The van der Waals surface area contributed by atoms with Crippen molar-refractivity contribution in [2.24, 2.45) is 0 Å². The van der Waals surface area contributed by atoms with Crippen LogP contribution in [0.1, 0.15) is 30.1 Å². The molecule has 1 fully saturated rings. The molecule has 1 aliphatic rings. The van der Waals surface area contributed by atoms with Crippen LogP contribution in [-0.4, -0.2) is 19.7 Å². The average molecular weight is 235 g/mol. The molecular formula is C11H11ClN4. The van der Waals surface area contributed by atoms with Gasteiger partial charge in [-0.3, -0.25) is 0 Å². The van der Waals surface area contributed by atoms with Crippen LogP contribution in [0.2, 0.25) is 5.28 Å². The van der Waals surface area contributed by atoms with Crippen molar-refractivity contribution < 1.29 is 0 Å². The monoisotopic (exact) mass is 234 g/mol. The van der Waals surface area contributed by atoms with E-state index in [1.165, 1.54) is 12.8 Å². The molecule has 4 nitrogen and oxygen atoms in total. The summed E-state index contributed by atoms with van der Waals surface area (Å²) in [5, 5.41) is 4.61. The molecular weight excluding hydrogens is 224 g/mol. The molecule has 1 aliphatic carbocycles. The van der Waals surface area contributed by atoms with E-state index in [4.69, 9.17) is 11.6 Å². The van der Waals surface area contributed by atoms with Gasteiger partial charge in [-0.2, -0.15) is 10.1 Å². The summed E-state index contributed by atoms with van der Waals surface area (Å²) >= 11 is 5.92. The maximum atomic E-state index is 5.92. The number of nitrogens with zero attached hydrogens (tertiary/aromatic N) is 4. The Bertz CT molecular complexity index is 531. The van der Waals surface area contributed by atoms with Crippen molar-refractivity contribution in [2.45, 2.75) is 25.7 Å². The van der Waals surface area contributed by atoms with E-state index in [2.05, 4.69) is 15.1 Å². The molecule has 2 aromatic rings. The topological polar surface area (TPSA) is 43.6 Å². The van der Waals surface area contributed by atoms with Gasteiger partial charge in [-0.15, -0.1) is 0 Å². The third-order valence-electron chi connectivity index (χ3n) is 2.66. The van der Waals surface area contributed by atoms with E-state index in [-0.39, 0.29) is 0 Å². The molecule has 0 saturated heterocycles. The van der Waals surface area contributed by atoms with Crippen LogP contribution >= 0.6 is 11.6 Å². The molecule has 5 heteroatoms. The number of halogens is 1. The lowest BCUT2D eigenvalue weighted by molar-refractivity contribution is 0.816. The predicted molar refractivity (Wildman–Crippen MR) is 60.9 cm³/mol. The molecule has 82 valence electrons. The zero-order valence-electron chi connectivity index (χ0n) is 8.89. The summed E-state index contributed by atoms with van der Waals surface area (Å²) in [5.74, 6) is 1.31. The van der Waals surface area contributed by atoms with E-state index in [1.54, 1.807) is 4.68 Å². The highest BCUT2D eigenvalue weighted by atomic mass is 35.5. The Kier molecular flexibility index (Phi) is 2.17. The zero-order chi connectivity index (χ0) is 11.1. The smallest absolute Gasteiger partial charge is 0.223 e.